The summed E-state index contributed by atoms with van der Waals surface area (Å²) in [6, 6.07) is 7.07. The molecule has 2 atom stereocenters. The van der Waals surface area contributed by atoms with E-state index in [0.29, 0.717) is 6.42 Å². The summed E-state index contributed by atoms with van der Waals surface area (Å²) >= 11 is 0. The van der Waals surface area contributed by atoms with Crippen LogP contribution in [0.4, 0.5) is 4.79 Å². The molecule has 6 nitrogen and oxygen atoms in total. The minimum absolute atomic E-state index is 0.0466. The summed E-state index contributed by atoms with van der Waals surface area (Å²) in [4.78, 5) is 37.5. The SMILES string of the molecule is CCC[C@H]1NC(=O)N(CC(=O)N[C@H]2CCCc3ccccc32)C1=O. The number of aryl methyl sites for hydroxylation is 1. The van der Waals surface area contributed by atoms with Crippen molar-refractivity contribution in [3.05, 3.63) is 35.4 Å². The van der Waals surface area contributed by atoms with Crippen LogP contribution in [0.15, 0.2) is 24.3 Å². The van der Waals surface area contributed by atoms with Crippen molar-refractivity contribution in [3.63, 3.8) is 0 Å². The number of benzene rings is 1. The third-order valence-corrected chi connectivity index (χ3v) is 4.69. The molecule has 1 fully saturated rings. The Balaban J connectivity index is 1.63. The van der Waals surface area contributed by atoms with Gasteiger partial charge in [0.15, 0.2) is 0 Å². The fourth-order valence-electron chi connectivity index (χ4n) is 3.50. The third kappa shape index (κ3) is 3.27. The van der Waals surface area contributed by atoms with E-state index in [-0.39, 0.29) is 24.4 Å². The van der Waals surface area contributed by atoms with E-state index in [1.165, 1.54) is 5.56 Å². The Morgan fingerprint density at radius 1 is 1.33 bits per heavy atom. The lowest BCUT2D eigenvalue weighted by Gasteiger charge is -2.27. The molecule has 1 saturated heterocycles. The van der Waals surface area contributed by atoms with Crippen LogP contribution in [0.3, 0.4) is 0 Å². The Hall–Kier alpha value is -2.37. The number of fused-ring (bicyclic) bond motifs is 1. The van der Waals surface area contributed by atoms with Crippen LogP contribution >= 0.6 is 0 Å². The highest BCUT2D eigenvalue weighted by Crippen LogP contribution is 2.29. The fourth-order valence-corrected chi connectivity index (χ4v) is 3.50. The topological polar surface area (TPSA) is 78.5 Å². The Morgan fingerprint density at radius 3 is 2.92 bits per heavy atom. The van der Waals surface area contributed by atoms with E-state index in [2.05, 4.69) is 16.7 Å². The normalized spacial score (nSPS) is 23.0. The Labute approximate surface area is 141 Å². The van der Waals surface area contributed by atoms with Crippen molar-refractivity contribution in [3.8, 4) is 0 Å². The molecule has 0 spiro atoms. The molecule has 4 amide bonds. The smallest absolute Gasteiger partial charge is 0.325 e. The first-order valence-electron chi connectivity index (χ1n) is 8.59. The van der Waals surface area contributed by atoms with Gasteiger partial charge in [0.05, 0.1) is 6.04 Å². The summed E-state index contributed by atoms with van der Waals surface area (Å²) in [5.74, 6) is -0.599. The van der Waals surface area contributed by atoms with Gasteiger partial charge in [-0.2, -0.15) is 0 Å². The Kier molecular flexibility index (Phi) is 4.83. The number of hydrogen-bond acceptors (Lipinski definition) is 3. The lowest BCUT2D eigenvalue weighted by molar-refractivity contribution is -0.132. The summed E-state index contributed by atoms with van der Waals surface area (Å²) in [5, 5.41) is 5.61. The van der Waals surface area contributed by atoms with Crippen LogP contribution in [-0.2, 0) is 16.0 Å². The molecule has 6 heteroatoms. The van der Waals surface area contributed by atoms with Crippen LogP contribution in [-0.4, -0.2) is 35.3 Å². The van der Waals surface area contributed by atoms with Crippen molar-refractivity contribution >= 4 is 17.8 Å². The predicted molar refractivity (Wildman–Crippen MR) is 89.2 cm³/mol. The van der Waals surface area contributed by atoms with Gasteiger partial charge < -0.3 is 10.6 Å². The second-order valence-electron chi connectivity index (χ2n) is 6.43. The fraction of sp³-hybridized carbons (Fsp3) is 0.500. The van der Waals surface area contributed by atoms with Gasteiger partial charge in [0.25, 0.3) is 5.91 Å². The molecule has 24 heavy (non-hydrogen) atoms. The zero-order valence-corrected chi connectivity index (χ0v) is 13.9. The summed E-state index contributed by atoms with van der Waals surface area (Å²) in [6.07, 6.45) is 4.31. The molecule has 2 N–H and O–H groups in total. The Bertz CT molecular complexity index is 659. The van der Waals surface area contributed by atoms with E-state index in [0.717, 1.165) is 36.1 Å². The maximum absolute atomic E-state index is 12.3. The van der Waals surface area contributed by atoms with Crippen molar-refractivity contribution in [1.29, 1.82) is 0 Å². The molecule has 3 rings (SSSR count). The van der Waals surface area contributed by atoms with E-state index < -0.39 is 12.1 Å². The quantitative estimate of drug-likeness (QED) is 0.810. The van der Waals surface area contributed by atoms with E-state index in [1.807, 2.05) is 25.1 Å². The minimum Gasteiger partial charge on any atom is -0.348 e. The summed E-state index contributed by atoms with van der Waals surface area (Å²) < 4.78 is 0. The number of carbonyl (C=O) groups is 3. The molecule has 0 saturated carbocycles. The summed E-state index contributed by atoms with van der Waals surface area (Å²) in [5.41, 5.74) is 2.39. The van der Waals surface area contributed by atoms with Gasteiger partial charge in [-0.1, -0.05) is 37.6 Å². The van der Waals surface area contributed by atoms with Crippen LogP contribution in [0.5, 0.6) is 0 Å². The standard InChI is InChI=1S/C18H23N3O3/c1-2-6-15-17(23)21(18(24)20-15)11-16(22)19-14-10-5-8-12-7-3-4-9-13(12)14/h3-4,7,9,14-15H,2,5-6,8,10-11H2,1H3,(H,19,22)(H,20,24)/t14-,15+/m0/s1. The highest BCUT2D eigenvalue weighted by atomic mass is 16.2. The molecule has 2 aliphatic rings. The first-order valence-corrected chi connectivity index (χ1v) is 8.59. The molecule has 0 radical (unpaired) electrons. The number of rotatable bonds is 5. The monoisotopic (exact) mass is 329 g/mol. The van der Waals surface area contributed by atoms with Crippen LogP contribution in [0.25, 0.3) is 0 Å². The number of imide groups is 1. The van der Waals surface area contributed by atoms with E-state index in [1.54, 1.807) is 0 Å². The molecule has 1 aromatic carbocycles. The number of hydrogen-bond donors (Lipinski definition) is 2. The van der Waals surface area contributed by atoms with E-state index in [4.69, 9.17) is 0 Å². The predicted octanol–water partition coefficient (Wildman–Crippen LogP) is 1.90. The van der Waals surface area contributed by atoms with Crippen molar-refractivity contribution in [2.75, 3.05) is 6.54 Å². The molecule has 128 valence electrons. The summed E-state index contributed by atoms with van der Waals surface area (Å²) in [7, 11) is 0. The first kappa shape index (κ1) is 16.5. The van der Waals surface area contributed by atoms with Crippen molar-refractivity contribution in [2.45, 2.75) is 51.1 Å². The molecular weight excluding hydrogens is 306 g/mol. The zero-order chi connectivity index (χ0) is 17.1. The second kappa shape index (κ2) is 7.03. The molecule has 1 heterocycles. The molecule has 0 aromatic heterocycles. The van der Waals surface area contributed by atoms with Crippen LogP contribution < -0.4 is 10.6 Å². The minimum atomic E-state index is -0.495. The van der Waals surface area contributed by atoms with Crippen LogP contribution in [0.2, 0.25) is 0 Å². The zero-order valence-electron chi connectivity index (χ0n) is 13.9. The molecule has 0 bridgehead atoms. The van der Waals surface area contributed by atoms with Gasteiger partial charge in [-0.05, 0) is 36.8 Å². The highest BCUT2D eigenvalue weighted by molar-refractivity contribution is 6.06. The first-order chi connectivity index (χ1) is 11.6. The van der Waals surface area contributed by atoms with Crippen molar-refractivity contribution in [1.82, 2.24) is 15.5 Å². The third-order valence-electron chi connectivity index (χ3n) is 4.69. The Morgan fingerprint density at radius 2 is 2.12 bits per heavy atom. The van der Waals surface area contributed by atoms with Gasteiger partial charge in [-0.25, -0.2) is 4.79 Å². The maximum atomic E-state index is 12.3. The summed E-state index contributed by atoms with van der Waals surface area (Å²) in [6.45, 7) is 1.73. The van der Waals surface area contributed by atoms with Gasteiger partial charge in [0, 0.05) is 0 Å². The highest BCUT2D eigenvalue weighted by Gasteiger charge is 2.38. The van der Waals surface area contributed by atoms with Crippen LogP contribution in [0, 0.1) is 0 Å². The average Bonchev–Trinajstić information content (AvgIpc) is 2.83. The van der Waals surface area contributed by atoms with Crippen molar-refractivity contribution in [2.24, 2.45) is 0 Å². The van der Waals surface area contributed by atoms with Gasteiger partial charge in [0.2, 0.25) is 5.91 Å². The number of carbonyl (C=O) groups excluding carboxylic acids is 3. The molecule has 1 aromatic rings. The lowest BCUT2D eigenvalue weighted by Crippen LogP contribution is -2.42. The maximum Gasteiger partial charge on any atom is 0.325 e. The number of nitrogens with one attached hydrogen (secondary N) is 2. The number of nitrogens with zero attached hydrogens (tertiary/aromatic N) is 1. The van der Waals surface area contributed by atoms with Crippen LogP contribution in [0.1, 0.15) is 49.8 Å². The molecular formula is C18H23N3O3. The van der Waals surface area contributed by atoms with Gasteiger partial charge in [0.1, 0.15) is 12.6 Å². The van der Waals surface area contributed by atoms with Crippen molar-refractivity contribution < 1.29 is 14.4 Å². The average molecular weight is 329 g/mol. The second-order valence-corrected chi connectivity index (χ2v) is 6.43. The van der Waals surface area contributed by atoms with Gasteiger partial charge in [-0.3, -0.25) is 14.5 Å². The largest absolute Gasteiger partial charge is 0.348 e. The number of amides is 4. The lowest BCUT2D eigenvalue weighted by atomic mass is 9.88. The number of urea groups is 1. The molecule has 1 aliphatic carbocycles. The molecule has 0 unspecified atom stereocenters. The van der Waals surface area contributed by atoms with E-state index >= 15 is 0 Å². The van der Waals surface area contributed by atoms with E-state index in [9.17, 15) is 14.4 Å². The van der Waals surface area contributed by atoms with Gasteiger partial charge >= 0.3 is 6.03 Å². The van der Waals surface area contributed by atoms with Gasteiger partial charge in [-0.15, -0.1) is 0 Å². The molecule has 1 aliphatic heterocycles.